The minimum absolute atomic E-state index is 0.101. The lowest BCUT2D eigenvalue weighted by atomic mass is 10.1. The van der Waals surface area contributed by atoms with Crippen LogP contribution in [0.3, 0.4) is 0 Å². The Morgan fingerprint density at radius 2 is 1.88 bits per heavy atom. The third-order valence-electron chi connectivity index (χ3n) is 4.62. The molecule has 7 nitrogen and oxygen atoms in total. The zero-order valence-corrected chi connectivity index (χ0v) is 17.0. The van der Waals surface area contributed by atoms with E-state index in [2.05, 4.69) is 20.7 Å². The van der Waals surface area contributed by atoms with Crippen molar-refractivity contribution in [2.75, 3.05) is 5.32 Å². The van der Waals surface area contributed by atoms with Gasteiger partial charge in [-0.05, 0) is 42.5 Å². The molecule has 0 unspecified atom stereocenters. The number of fused-ring (bicyclic) bond motifs is 1. The van der Waals surface area contributed by atoms with Crippen LogP contribution in [0.5, 0.6) is 0 Å². The zero-order valence-electron chi connectivity index (χ0n) is 16.2. The van der Waals surface area contributed by atoms with Crippen LogP contribution >= 0.6 is 11.6 Å². The van der Waals surface area contributed by atoms with Gasteiger partial charge < -0.3 is 15.6 Å². The Bertz CT molecular complexity index is 1360. The van der Waals surface area contributed by atoms with E-state index in [-0.39, 0.29) is 17.8 Å². The Morgan fingerprint density at radius 3 is 2.62 bits per heavy atom. The molecule has 11 heteroatoms. The molecule has 0 fully saturated rings. The van der Waals surface area contributed by atoms with Gasteiger partial charge in [0.15, 0.2) is 5.69 Å². The molecule has 2 amide bonds. The SMILES string of the molecule is O=C(NCc1cc(C(F)(F)F)nn1-c1cccc(Cl)c1)Nc1cccc2c(=O)[nH]ccc12. The number of anilines is 1. The van der Waals surface area contributed by atoms with Crippen LogP contribution in [0.1, 0.15) is 11.4 Å². The van der Waals surface area contributed by atoms with Crippen molar-refractivity contribution >= 4 is 34.1 Å². The highest BCUT2D eigenvalue weighted by molar-refractivity contribution is 6.30. The van der Waals surface area contributed by atoms with Gasteiger partial charge in [-0.3, -0.25) is 4.79 Å². The minimum Gasteiger partial charge on any atom is -0.332 e. The number of nitrogens with zero attached hydrogens (tertiary/aromatic N) is 2. The second kappa shape index (κ2) is 8.39. The number of benzene rings is 2. The van der Waals surface area contributed by atoms with Gasteiger partial charge in [0.2, 0.25) is 0 Å². The molecule has 0 aliphatic carbocycles. The molecule has 0 aliphatic rings. The summed E-state index contributed by atoms with van der Waals surface area (Å²) in [5.41, 5.74) is -0.604. The number of aromatic nitrogens is 3. The molecule has 0 aliphatic heterocycles. The number of urea groups is 1. The van der Waals surface area contributed by atoms with Crippen molar-refractivity contribution in [3.63, 3.8) is 0 Å². The number of alkyl halides is 3. The summed E-state index contributed by atoms with van der Waals surface area (Å²) in [6, 6.07) is 12.8. The second-order valence-corrected chi connectivity index (χ2v) is 7.23. The molecule has 0 bridgehead atoms. The average molecular weight is 462 g/mol. The lowest BCUT2D eigenvalue weighted by Gasteiger charge is -2.11. The summed E-state index contributed by atoms with van der Waals surface area (Å²) in [5.74, 6) is 0. The fourth-order valence-electron chi connectivity index (χ4n) is 3.18. The highest BCUT2D eigenvalue weighted by atomic mass is 35.5. The standard InChI is InChI=1S/C21H15ClF3N5O2/c22-12-3-1-4-13(9-12)30-14(10-18(29-30)21(23,24)25)11-27-20(32)28-17-6-2-5-16-15(17)7-8-26-19(16)31/h1-10H,11H2,(H,26,31)(H2,27,28,32). The van der Waals surface area contributed by atoms with Gasteiger partial charge in [0.1, 0.15) is 0 Å². The molecule has 0 atom stereocenters. The van der Waals surface area contributed by atoms with E-state index < -0.39 is 17.9 Å². The van der Waals surface area contributed by atoms with E-state index >= 15 is 0 Å². The molecular weight excluding hydrogens is 447 g/mol. The predicted octanol–water partition coefficient (Wildman–Crippen LogP) is 4.71. The maximum absolute atomic E-state index is 13.2. The quantitative estimate of drug-likeness (QED) is 0.411. The number of nitrogens with one attached hydrogen (secondary N) is 3. The Hall–Kier alpha value is -3.79. The minimum atomic E-state index is -4.66. The Balaban J connectivity index is 1.57. The fourth-order valence-corrected chi connectivity index (χ4v) is 3.37. The maximum Gasteiger partial charge on any atom is 0.435 e. The summed E-state index contributed by atoms with van der Waals surface area (Å²) in [6.07, 6.45) is -3.20. The summed E-state index contributed by atoms with van der Waals surface area (Å²) < 4.78 is 40.7. The number of carbonyl (C=O) groups is 1. The molecule has 0 radical (unpaired) electrons. The summed E-state index contributed by atoms with van der Waals surface area (Å²) >= 11 is 5.95. The van der Waals surface area contributed by atoms with Gasteiger partial charge in [-0.25, -0.2) is 9.48 Å². The van der Waals surface area contributed by atoms with Gasteiger partial charge in [0.25, 0.3) is 5.56 Å². The van der Waals surface area contributed by atoms with Crippen molar-refractivity contribution < 1.29 is 18.0 Å². The second-order valence-electron chi connectivity index (χ2n) is 6.79. The molecule has 3 N–H and O–H groups in total. The summed E-state index contributed by atoms with van der Waals surface area (Å²) in [5, 5.41) is 10.00. The van der Waals surface area contributed by atoms with E-state index in [1.54, 1.807) is 42.5 Å². The van der Waals surface area contributed by atoms with Crippen molar-refractivity contribution in [2.24, 2.45) is 0 Å². The van der Waals surface area contributed by atoms with Gasteiger partial charge in [0, 0.05) is 22.0 Å². The number of H-pyrrole nitrogens is 1. The van der Waals surface area contributed by atoms with Crippen molar-refractivity contribution in [3.8, 4) is 5.69 Å². The van der Waals surface area contributed by atoms with Crippen LogP contribution in [0.2, 0.25) is 5.02 Å². The van der Waals surface area contributed by atoms with E-state index in [0.717, 1.165) is 10.7 Å². The van der Waals surface area contributed by atoms with Crippen molar-refractivity contribution in [1.82, 2.24) is 20.1 Å². The number of halogens is 4. The van der Waals surface area contributed by atoms with Gasteiger partial charge >= 0.3 is 12.2 Å². The molecule has 32 heavy (non-hydrogen) atoms. The van der Waals surface area contributed by atoms with Crippen LogP contribution < -0.4 is 16.2 Å². The lowest BCUT2D eigenvalue weighted by Crippen LogP contribution is -2.29. The third kappa shape index (κ3) is 4.45. The first-order valence-corrected chi connectivity index (χ1v) is 9.67. The number of hydrogen-bond acceptors (Lipinski definition) is 3. The molecule has 0 spiro atoms. The van der Waals surface area contributed by atoms with Gasteiger partial charge in [-0.1, -0.05) is 23.7 Å². The molecule has 0 saturated carbocycles. The first kappa shape index (κ1) is 21.4. The number of carbonyl (C=O) groups excluding carboxylic acids is 1. The predicted molar refractivity (Wildman–Crippen MR) is 114 cm³/mol. The third-order valence-corrected chi connectivity index (χ3v) is 4.85. The Kier molecular flexibility index (Phi) is 5.62. The van der Waals surface area contributed by atoms with Crippen LogP contribution in [-0.4, -0.2) is 20.8 Å². The highest BCUT2D eigenvalue weighted by Crippen LogP contribution is 2.30. The van der Waals surface area contributed by atoms with E-state index in [1.165, 1.54) is 12.3 Å². The largest absolute Gasteiger partial charge is 0.435 e. The lowest BCUT2D eigenvalue weighted by molar-refractivity contribution is -0.141. The van der Waals surface area contributed by atoms with Crippen LogP contribution in [0.4, 0.5) is 23.7 Å². The first-order valence-electron chi connectivity index (χ1n) is 9.30. The molecule has 4 rings (SSSR count). The van der Waals surface area contributed by atoms with Crippen molar-refractivity contribution in [1.29, 1.82) is 0 Å². The molecule has 2 aromatic heterocycles. The van der Waals surface area contributed by atoms with E-state index in [4.69, 9.17) is 11.6 Å². The van der Waals surface area contributed by atoms with E-state index in [1.807, 2.05) is 0 Å². The molecule has 164 valence electrons. The molecular formula is C21H15ClF3N5O2. The first-order chi connectivity index (χ1) is 15.2. The summed E-state index contributed by atoms with van der Waals surface area (Å²) in [7, 11) is 0. The summed E-state index contributed by atoms with van der Waals surface area (Å²) in [6.45, 7) is -0.243. The molecule has 4 aromatic rings. The topological polar surface area (TPSA) is 91.8 Å². The van der Waals surface area contributed by atoms with Crippen molar-refractivity contribution in [3.05, 3.63) is 87.6 Å². The van der Waals surface area contributed by atoms with Gasteiger partial charge in [-0.2, -0.15) is 18.3 Å². The number of aromatic amines is 1. The zero-order chi connectivity index (χ0) is 22.9. The van der Waals surface area contributed by atoms with Gasteiger partial charge in [-0.15, -0.1) is 0 Å². The number of hydrogen-bond donors (Lipinski definition) is 3. The van der Waals surface area contributed by atoms with E-state index in [9.17, 15) is 22.8 Å². The Morgan fingerprint density at radius 1 is 1.09 bits per heavy atom. The molecule has 2 aromatic carbocycles. The van der Waals surface area contributed by atoms with Gasteiger partial charge in [0.05, 0.1) is 23.6 Å². The van der Waals surface area contributed by atoms with Crippen LogP contribution in [0.15, 0.2) is 65.6 Å². The Labute approximate surface area is 183 Å². The number of rotatable bonds is 4. The average Bonchev–Trinajstić information content (AvgIpc) is 3.18. The highest BCUT2D eigenvalue weighted by Gasteiger charge is 2.35. The fraction of sp³-hybridized carbons (Fsp3) is 0.0952. The normalized spacial score (nSPS) is 11.5. The maximum atomic E-state index is 13.2. The monoisotopic (exact) mass is 461 g/mol. The van der Waals surface area contributed by atoms with Crippen LogP contribution in [0, 0.1) is 0 Å². The summed E-state index contributed by atoms with van der Waals surface area (Å²) in [4.78, 5) is 26.9. The number of pyridine rings is 1. The molecule has 2 heterocycles. The molecule has 0 saturated heterocycles. The van der Waals surface area contributed by atoms with Crippen LogP contribution in [-0.2, 0) is 12.7 Å². The van der Waals surface area contributed by atoms with E-state index in [0.29, 0.717) is 27.2 Å². The van der Waals surface area contributed by atoms with Crippen molar-refractivity contribution in [2.45, 2.75) is 12.7 Å². The smallest absolute Gasteiger partial charge is 0.332 e. The number of amides is 2. The van der Waals surface area contributed by atoms with Crippen LogP contribution in [0.25, 0.3) is 16.5 Å².